The van der Waals surface area contributed by atoms with E-state index in [9.17, 15) is 0 Å². The molecule has 1 N–H and O–H groups in total. The summed E-state index contributed by atoms with van der Waals surface area (Å²) in [7, 11) is 3.81. The van der Waals surface area contributed by atoms with Crippen molar-refractivity contribution >= 4 is 0 Å². The molecule has 0 saturated heterocycles. The largest absolute Gasteiger partial charge is 0.379 e. The van der Waals surface area contributed by atoms with Crippen LogP contribution in [0.2, 0.25) is 0 Å². The van der Waals surface area contributed by atoms with Gasteiger partial charge in [0.05, 0.1) is 6.10 Å². The fourth-order valence-electron chi connectivity index (χ4n) is 2.69. The Morgan fingerprint density at radius 1 is 1.42 bits per heavy atom. The van der Waals surface area contributed by atoms with Gasteiger partial charge in [-0.3, -0.25) is 4.68 Å². The lowest BCUT2D eigenvalue weighted by Crippen LogP contribution is -2.48. The molecular formula is C15H29N3O. The molecule has 0 aliphatic carbocycles. The monoisotopic (exact) mass is 267 g/mol. The highest BCUT2D eigenvalue weighted by atomic mass is 16.5. The van der Waals surface area contributed by atoms with Crippen LogP contribution in [0.3, 0.4) is 0 Å². The topological polar surface area (TPSA) is 39.1 Å². The predicted molar refractivity (Wildman–Crippen MR) is 79.2 cm³/mol. The Morgan fingerprint density at radius 3 is 2.53 bits per heavy atom. The van der Waals surface area contributed by atoms with Gasteiger partial charge in [0, 0.05) is 32.1 Å². The maximum Gasteiger partial charge on any atom is 0.0772 e. The van der Waals surface area contributed by atoms with E-state index in [4.69, 9.17) is 4.74 Å². The quantitative estimate of drug-likeness (QED) is 0.824. The lowest BCUT2D eigenvalue weighted by Gasteiger charge is -2.36. The maximum absolute atomic E-state index is 5.74. The Balaban J connectivity index is 2.69. The summed E-state index contributed by atoms with van der Waals surface area (Å²) in [6, 6.07) is 2.45. The number of nitrogens with zero attached hydrogens (tertiary/aromatic N) is 2. The zero-order valence-corrected chi connectivity index (χ0v) is 13.2. The molecule has 0 saturated carbocycles. The van der Waals surface area contributed by atoms with Crippen molar-refractivity contribution < 1.29 is 4.74 Å². The Kier molecular flexibility index (Phi) is 6.01. The maximum atomic E-state index is 5.74. The third-order valence-electron chi connectivity index (χ3n) is 3.57. The van der Waals surface area contributed by atoms with Crippen LogP contribution in [0, 0.1) is 5.41 Å². The molecule has 110 valence electrons. The summed E-state index contributed by atoms with van der Waals surface area (Å²) in [5.74, 6) is 0. The van der Waals surface area contributed by atoms with E-state index in [0.717, 1.165) is 19.4 Å². The second-order valence-electron chi connectivity index (χ2n) is 6.17. The van der Waals surface area contributed by atoms with Crippen molar-refractivity contribution in [1.82, 2.24) is 15.1 Å². The molecule has 1 heterocycles. The van der Waals surface area contributed by atoms with E-state index in [1.165, 1.54) is 5.69 Å². The summed E-state index contributed by atoms with van der Waals surface area (Å²) in [5.41, 5.74) is 1.40. The third-order valence-corrected chi connectivity index (χ3v) is 3.57. The molecule has 2 unspecified atom stereocenters. The first-order chi connectivity index (χ1) is 8.90. The molecule has 0 radical (unpaired) electrons. The van der Waals surface area contributed by atoms with Crippen LogP contribution >= 0.6 is 0 Å². The van der Waals surface area contributed by atoms with Crippen LogP contribution in [0.1, 0.15) is 39.8 Å². The zero-order chi connectivity index (χ0) is 14.5. The first kappa shape index (κ1) is 16.2. The van der Waals surface area contributed by atoms with Crippen molar-refractivity contribution in [1.29, 1.82) is 0 Å². The molecule has 0 fully saturated rings. The number of hydrogen-bond donors (Lipinski definition) is 1. The van der Waals surface area contributed by atoms with E-state index >= 15 is 0 Å². The van der Waals surface area contributed by atoms with Gasteiger partial charge < -0.3 is 10.1 Å². The highest BCUT2D eigenvalue weighted by molar-refractivity contribution is 5.01. The van der Waals surface area contributed by atoms with Gasteiger partial charge in [-0.15, -0.1) is 0 Å². The molecule has 19 heavy (non-hydrogen) atoms. The molecule has 4 heteroatoms. The highest BCUT2D eigenvalue weighted by Crippen LogP contribution is 2.26. The summed E-state index contributed by atoms with van der Waals surface area (Å²) in [4.78, 5) is 0. The molecular weight excluding hydrogens is 238 g/mol. The van der Waals surface area contributed by atoms with Crippen LogP contribution in [-0.2, 0) is 18.2 Å². The summed E-state index contributed by atoms with van der Waals surface area (Å²) < 4.78 is 7.69. The van der Waals surface area contributed by atoms with Crippen molar-refractivity contribution in [2.24, 2.45) is 12.5 Å². The van der Waals surface area contributed by atoms with Crippen molar-refractivity contribution in [3.05, 3.63) is 18.0 Å². The van der Waals surface area contributed by atoms with Gasteiger partial charge in [0.15, 0.2) is 0 Å². The van der Waals surface area contributed by atoms with Gasteiger partial charge in [-0.05, 0) is 30.9 Å². The summed E-state index contributed by atoms with van der Waals surface area (Å²) >= 11 is 0. The SMILES string of the molecule is CCNC(CCc1ccnn1C)C(OC)C(C)(C)C. The second kappa shape index (κ2) is 7.06. The van der Waals surface area contributed by atoms with Crippen LogP contribution in [0.4, 0.5) is 0 Å². The van der Waals surface area contributed by atoms with Crippen LogP contribution in [0.5, 0.6) is 0 Å². The fourth-order valence-corrected chi connectivity index (χ4v) is 2.69. The number of nitrogens with one attached hydrogen (secondary N) is 1. The predicted octanol–water partition coefficient (Wildman–Crippen LogP) is 2.39. The Hall–Kier alpha value is -0.870. The van der Waals surface area contributed by atoms with Crippen LogP contribution in [0.15, 0.2) is 12.3 Å². The Labute approximate surface area is 117 Å². The molecule has 1 aromatic heterocycles. The molecule has 0 amide bonds. The number of ether oxygens (including phenoxy) is 1. The van der Waals surface area contributed by atoms with Gasteiger partial charge in [0.2, 0.25) is 0 Å². The van der Waals surface area contributed by atoms with Crippen molar-refractivity contribution in [3.63, 3.8) is 0 Å². The van der Waals surface area contributed by atoms with E-state index in [1.807, 2.05) is 25.0 Å². The minimum absolute atomic E-state index is 0.133. The van der Waals surface area contributed by atoms with Crippen LogP contribution in [0.25, 0.3) is 0 Å². The number of methoxy groups -OCH3 is 1. The van der Waals surface area contributed by atoms with Gasteiger partial charge in [-0.25, -0.2) is 0 Å². The van der Waals surface area contributed by atoms with E-state index < -0.39 is 0 Å². The van der Waals surface area contributed by atoms with E-state index in [1.54, 1.807) is 0 Å². The molecule has 4 nitrogen and oxygen atoms in total. The van der Waals surface area contributed by atoms with Gasteiger partial charge in [-0.1, -0.05) is 27.7 Å². The molecule has 1 aromatic rings. The molecule has 0 bridgehead atoms. The minimum Gasteiger partial charge on any atom is -0.379 e. The lowest BCUT2D eigenvalue weighted by molar-refractivity contribution is -0.0127. The number of aromatic nitrogens is 2. The number of rotatable bonds is 7. The van der Waals surface area contributed by atoms with Gasteiger partial charge >= 0.3 is 0 Å². The summed E-state index contributed by atoms with van der Waals surface area (Å²) in [6.45, 7) is 9.80. The fraction of sp³-hybridized carbons (Fsp3) is 0.800. The highest BCUT2D eigenvalue weighted by Gasteiger charge is 2.31. The average Bonchev–Trinajstić information content (AvgIpc) is 2.71. The molecule has 0 aliphatic heterocycles. The first-order valence-electron chi connectivity index (χ1n) is 7.13. The van der Waals surface area contributed by atoms with Crippen molar-refractivity contribution in [3.8, 4) is 0 Å². The van der Waals surface area contributed by atoms with Gasteiger partial charge in [-0.2, -0.15) is 5.10 Å². The Morgan fingerprint density at radius 2 is 2.11 bits per heavy atom. The molecule has 2 atom stereocenters. The second-order valence-corrected chi connectivity index (χ2v) is 6.17. The lowest BCUT2D eigenvalue weighted by atomic mass is 9.82. The van der Waals surface area contributed by atoms with E-state index in [2.05, 4.69) is 44.2 Å². The van der Waals surface area contributed by atoms with E-state index in [0.29, 0.717) is 6.04 Å². The van der Waals surface area contributed by atoms with E-state index in [-0.39, 0.29) is 11.5 Å². The number of likely N-dealkylation sites (N-methyl/N-ethyl adjacent to an activating group) is 1. The molecule has 0 spiro atoms. The molecule has 0 aliphatic rings. The normalized spacial score (nSPS) is 15.5. The van der Waals surface area contributed by atoms with Crippen molar-refractivity contribution in [2.45, 2.75) is 52.7 Å². The average molecular weight is 267 g/mol. The first-order valence-corrected chi connectivity index (χ1v) is 7.13. The molecule has 1 rings (SSSR count). The molecule has 0 aromatic carbocycles. The van der Waals surface area contributed by atoms with Crippen LogP contribution in [-0.4, -0.2) is 35.6 Å². The Bertz CT molecular complexity index is 368. The zero-order valence-electron chi connectivity index (χ0n) is 13.2. The smallest absolute Gasteiger partial charge is 0.0772 e. The minimum atomic E-state index is 0.133. The number of aryl methyl sites for hydroxylation is 2. The summed E-state index contributed by atoms with van der Waals surface area (Å²) in [6.07, 6.45) is 4.14. The van der Waals surface area contributed by atoms with Gasteiger partial charge in [0.1, 0.15) is 0 Å². The van der Waals surface area contributed by atoms with Crippen molar-refractivity contribution in [2.75, 3.05) is 13.7 Å². The third kappa shape index (κ3) is 4.62. The van der Waals surface area contributed by atoms with Crippen LogP contribution < -0.4 is 5.32 Å². The number of hydrogen-bond acceptors (Lipinski definition) is 3. The summed E-state index contributed by atoms with van der Waals surface area (Å²) in [5, 5.41) is 7.79. The van der Waals surface area contributed by atoms with Gasteiger partial charge in [0.25, 0.3) is 0 Å². The standard InChI is InChI=1S/C15H29N3O/c1-7-16-13(14(19-6)15(2,3)4)9-8-12-10-11-17-18(12)5/h10-11,13-14,16H,7-9H2,1-6H3.